The third-order valence-electron chi connectivity index (χ3n) is 4.95. The van der Waals surface area contributed by atoms with Crippen LogP contribution in [0.2, 0.25) is 0 Å². The summed E-state index contributed by atoms with van der Waals surface area (Å²) in [4.78, 5) is 12.9. The summed E-state index contributed by atoms with van der Waals surface area (Å²) in [5.74, 6) is 1.80. The van der Waals surface area contributed by atoms with Crippen LogP contribution in [-0.2, 0) is 0 Å². The molecule has 1 aromatic carbocycles. The number of hydrogen-bond acceptors (Lipinski definition) is 4. The number of phenolic OH excluding ortho intramolecular Hbond substituents is 1. The molecule has 5 nitrogen and oxygen atoms in total. The Morgan fingerprint density at radius 2 is 2.00 bits per heavy atom. The average Bonchev–Trinajstić information content (AvgIpc) is 2.92. The largest absolute Gasteiger partial charge is 0.508 e. The number of hydrogen-bond donors (Lipinski definition) is 3. The Hall–Kier alpha value is -2.40. The number of nitrogens with one attached hydrogen (secondary N) is 2. The number of piperidine rings is 1. The molecule has 0 bridgehead atoms. The Morgan fingerprint density at radius 3 is 2.75 bits per heavy atom. The number of fused-ring (bicyclic) bond motifs is 1. The van der Waals surface area contributed by atoms with E-state index in [9.17, 15) is 5.11 Å². The number of phenols is 1. The first-order chi connectivity index (χ1) is 11.6. The summed E-state index contributed by atoms with van der Waals surface area (Å²) >= 11 is 0. The van der Waals surface area contributed by atoms with Crippen molar-refractivity contribution in [3.8, 4) is 28.4 Å². The topological polar surface area (TPSA) is 73.8 Å². The van der Waals surface area contributed by atoms with E-state index < -0.39 is 0 Å². The molecular formula is C19H22N4O. The van der Waals surface area contributed by atoms with Gasteiger partial charge in [0.25, 0.3) is 0 Å². The molecule has 0 spiro atoms. The lowest BCUT2D eigenvalue weighted by Crippen LogP contribution is -2.35. The van der Waals surface area contributed by atoms with E-state index in [1.807, 2.05) is 18.3 Å². The molecule has 3 heterocycles. The van der Waals surface area contributed by atoms with Gasteiger partial charge in [-0.25, -0.2) is 9.97 Å². The highest BCUT2D eigenvalue weighted by atomic mass is 16.3. The molecule has 0 aromatic heterocycles. The van der Waals surface area contributed by atoms with Crippen LogP contribution in [0.25, 0.3) is 22.6 Å². The predicted molar refractivity (Wildman–Crippen MR) is 94.3 cm³/mol. The maximum atomic E-state index is 9.47. The summed E-state index contributed by atoms with van der Waals surface area (Å²) in [6.45, 7) is 5.35. The van der Waals surface area contributed by atoms with Gasteiger partial charge in [0.05, 0.1) is 17.6 Å². The van der Waals surface area contributed by atoms with Crippen molar-refractivity contribution in [2.45, 2.75) is 38.6 Å². The van der Waals surface area contributed by atoms with E-state index in [0.29, 0.717) is 12.0 Å². The lowest BCUT2D eigenvalue weighted by Gasteiger charge is -2.27. The van der Waals surface area contributed by atoms with Crippen LogP contribution in [-0.4, -0.2) is 32.6 Å². The van der Waals surface area contributed by atoms with Crippen LogP contribution >= 0.6 is 0 Å². The lowest BCUT2D eigenvalue weighted by atomic mass is 9.92. The van der Waals surface area contributed by atoms with Crippen molar-refractivity contribution in [3.05, 3.63) is 41.9 Å². The van der Waals surface area contributed by atoms with Crippen molar-refractivity contribution < 1.29 is 5.11 Å². The van der Waals surface area contributed by atoms with E-state index in [4.69, 9.17) is 4.98 Å². The van der Waals surface area contributed by atoms with Crippen molar-refractivity contribution in [2.75, 3.05) is 6.54 Å². The highest BCUT2D eigenvalue weighted by Crippen LogP contribution is 2.34. The molecule has 4 rings (SSSR count). The van der Waals surface area contributed by atoms with E-state index >= 15 is 0 Å². The van der Waals surface area contributed by atoms with Crippen LogP contribution < -0.4 is 5.32 Å². The molecule has 0 radical (unpaired) electrons. The van der Waals surface area contributed by atoms with Gasteiger partial charge >= 0.3 is 0 Å². The van der Waals surface area contributed by atoms with Crippen LogP contribution in [0.5, 0.6) is 5.75 Å². The minimum absolute atomic E-state index is 0.267. The predicted octanol–water partition coefficient (Wildman–Crippen LogP) is 3.45. The zero-order valence-electron chi connectivity index (χ0n) is 14.0. The molecule has 1 aromatic rings. The number of aromatic amines is 1. The maximum Gasteiger partial charge on any atom is 0.115 e. The first-order valence-electron chi connectivity index (χ1n) is 8.50. The van der Waals surface area contributed by atoms with Gasteiger partial charge in [-0.05, 0) is 57.5 Å². The van der Waals surface area contributed by atoms with Gasteiger partial charge in [-0.3, -0.25) is 0 Å². The fourth-order valence-corrected chi connectivity index (χ4v) is 3.60. The van der Waals surface area contributed by atoms with E-state index in [1.165, 1.54) is 0 Å². The third-order valence-corrected chi connectivity index (χ3v) is 4.95. The second kappa shape index (κ2) is 5.91. The van der Waals surface area contributed by atoms with Gasteiger partial charge in [-0.1, -0.05) is 0 Å². The molecule has 2 atom stereocenters. The van der Waals surface area contributed by atoms with E-state index in [0.717, 1.165) is 53.4 Å². The number of benzene rings is 1. The van der Waals surface area contributed by atoms with Crippen LogP contribution in [0, 0.1) is 6.92 Å². The van der Waals surface area contributed by atoms with Crippen molar-refractivity contribution in [1.29, 1.82) is 0 Å². The SMILES string of the molecule is Cc1c(-c2ccc(O)cc2)nc2cnc(C3CCNC(C)C3)[nH]c1-2. The first kappa shape index (κ1) is 15.1. The van der Waals surface area contributed by atoms with E-state index in [1.54, 1.807) is 12.1 Å². The second-order valence-electron chi connectivity index (χ2n) is 6.74. The molecule has 2 unspecified atom stereocenters. The molecule has 1 saturated heterocycles. The number of aromatic nitrogens is 3. The quantitative estimate of drug-likeness (QED) is 0.675. The lowest BCUT2D eigenvalue weighted by molar-refractivity contribution is 0.371. The van der Waals surface area contributed by atoms with Crippen molar-refractivity contribution in [1.82, 2.24) is 20.3 Å². The number of nitrogens with zero attached hydrogens (tertiary/aromatic N) is 2. The summed E-state index contributed by atoms with van der Waals surface area (Å²) in [6.07, 6.45) is 4.09. The molecule has 3 N–H and O–H groups in total. The smallest absolute Gasteiger partial charge is 0.115 e. The van der Waals surface area contributed by atoms with Gasteiger partial charge in [0.15, 0.2) is 0 Å². The molecule has 1 fully saturated rings. The number of rotatable bonds is 2. The monoisotopic (exact) mass is 322 g/mol. The number of H-pyrrole nitrogens is 1. The van der Waals surface area contributed by atoms with Crippen LogP contribution in [0.15, 0.2) is 30.5 Å². The highest BCUT2D eigenvalue weighted by molar-refractivity contribution is 5.76. The maximum absolute atomic E-state index is 9.47. The molecule has 3 aliphatic heterocycles. The van der Waals surface area contributed by atoms with Gasteiger partial charge in [0.2, 0.25) is 0 Å². The molecule has 0 amide bonds. The Labute approximate surface area is 141 Å². The Morgan fingerprint density at radius 1 is 1.21 bits per heavy atom. The Balaban J connectivity index is 1.74. The van der Waals surface area contributed by atoms with Crippen LogP contribution in [0.1, 0.15) is 37.1 Å². The van der Waals surface area contributed by atoms with Gasteiger partial charge < -0.3 is 15.4 Å². The van der Waals surface area contributed by atoms with E-state index in [-0.39, 0.29) is 5.75 Å². The zero-order chi connectivity index (χ0) is 16.7. The fourth-order valence-electron chi connectivity index (χ4n) is 3.60. The molecule has 124 valence electrons. The first-order valence-corrected chi connectivity index (χ1v) is 8.50. The zero-order valence-corrected chi connectivity index (χ0v) is 14.0. The minimum atomic E-state index is 0.267. The fraction of sp³-hybridized carbons (Fsp3) is 0.368. The molecule has 5 heteroatoms. The van der Waals surface area contributed by atoms with Gasteiger partial charge in [0, 0.05) is 23.1 Å². The van der Waals surface area contributed by atoms with Crippen molar-refractivity contribution >= 4 is 0 Å². The molecule has 0 aliphatic carbocycles. The standard InChI is InChI=1S/C19H22N4O/c1-11-9-14(7-8-20-11)19-21-10-16-18(23-19)12(2)17(22-16)13-3-5-15(24)6-4-13/h3-6,10-11,14,20,24H,7-9H2,1-2H3,(H,21,23). The summed E-state index contributed by atoms with van der Waals surface area (Å²) in [7, 11) is 0. The average molecular weight is 322 g/mol. The number of aromatic hydroxyl groups is 1. The van der Waals surface area contributed by atoms with Gasteiger partial charge in [-0.15, -0.1) is 0 Å². The summed E-state index contributed by atoms with van der Waals surface area (Å²) in [6, 6.07) is 7.70. The van der Waals surface area contributed by atoms with Gasteiger partial charge in [-0.2, -0.15) is 0 Å². The van der Waals surface area contributed by atoms with Crippen molar-refractivity contribution in [3.63, 3.8) is 0 Å². The summed E-state index contributed by atoms with van der Waals surface area (Å²) in [5.41, 5.74) is 5.03. The minimum Gasteiger partial charge on any atom is -0.508 e. The normalized spacial score (nSPS) is 21.2. The Bertz CT molecular complexity index is 824. The van der Waals surface area contributed by atoms with Crippen LogP contribution in [0.4, 0.5) is 0 Å². The van der Waals surface area contributed by atoms with Crippen molar-refractivity contribution in [2.24, 2.45) is 0 Å². The summed E-state index contributed by atoms with van der Waals surface area (Å²) < 4.78 is 0. The molecule has 24 heavy (non-hydrogen) atoms. The molecular weight excluding hydrogens is 300 g/mol. The Kier molecular flexibility index (Phi) is 3.73. The summed E-state index contributed by atoms with van der Waals surface area (Å²) in [5, 5.41) is 13.0. The third kappa shape index (κ3) is 2.65. The highest BCUT2D eigenvalue weighted by Gasteiger charge is 2.24. The second-order valence-corrected chi connectivity index (χ2v) is 6.74. The molecule has 0 saturated carbocycles. The molecule has 3 aliphatic rings. The van der Waals surface area contributed by atoms with E-state index in [2.05, 4.69) is 29.1 Å². The van der Waals surface area contributed by atoms with Crippen LogP contribution in [0.3, 0.4) is 0 Å². The van der Waals surface area contributed by atoms with Gasteiger partial charge in [0.1, 0.15) is 17.3 Å².